The first-order valence-electron chi connectivity index (χ1n) is 7.71. The monoisotopic (exact) mass is 396 g/mol. The second-order valence-electron chi connectivity index (χ2n) is 5.40. The maximum absolute atomic E-state index is 12.6. The Bertz CT molecular complexity index is 895. The lowest BCUT2D eigenvalue weighted by atomic mass is 10.1. The molecule has 0 aliphatic heterocycles. The van der Waals surface area contributed by atoms with Crippen LogP contribution < -0.4 is 10.6 Å². The highest BCUT2D eigenvalue weighted by molar-refractivity contribution is 6.06. The molecule has 0 saturated heterocycles. The highest BCUT2D eigenvalue weighted by atomic mass is 19.4. The lowest BCUT2D eigenvalue weighted by Crippen LogP contribution is -2.22. The molecule has 0 radical (unpaired) electrons. The Morgan fingerprint density at radius 2 is 1.46 bits per heavy atom. The van der Waals surface area contributed by atoms with Crippen molar-refractivity contribution < 1.29 is 37.0 Å². The van der Waals surface area contributed by atoms with Crippen molar-refractivity contribution in [3.8, 4) is 0 Å². The number of esters is 2. The highest BCUT2D eigenvalue weighted by Crippen LogP contribution is 2.30. The van der Waals surface area contributed by atoms with Gasteiger partial charge in [-0.3, -0.25) is 0 Å². The minimum Gasteiger partial charge on any atom is -0.465 e. The van der Waals surface area contributed by atoms with Crippen LogP contribution in [-0.4, -0.2) is 32.2 Å². The molecule has 148 valence electrons. The van der Waals surface area contributed by atoms with Crippen LogP contribution in [0.5, 0.6) is 0 Å². The summed E-state index contributed by atoms with van der Waals surface area (Å²) in [6.45, 7) is 0. The van der Waals surface area contributed by atoms with Gasteiger partial charge in [-0.05, 0) is 42.5 Å². The molecule has 2 rings (SSSR count). The van der Waals surface area contributed by atoms with Gasteiger partial charge >= 0.3 is 24.1 Å². The summed E-state index contributed by atoms with van der Waals surface area (Å²) in [6.07, 6.45) is -4.50. The van der Waals surface area contributed by atoms with Crippen molar-refractivity contribution in [3.63, 3.8) is 0 Å². The number of halogens is 3. The smallest absolute Gasteiger partial charge is 0.416 e. The summed E-state index contributed by atoms with van der Waals surface area (Å²) in [4.78, 5) is 35.7. The number of carbonyl (C=O) groups excluding carboxylic acids is 3. The first kappa shape index (κ1) is 20.7. The van der Waals surface area contributed by atoms with E-state index < -0.39 is 29.7 Å². The van der Waals surface area contributed by atoms with E-state index in [2.05, 4.69) is 20.1 Å². The summed E-state index contributed by atoms with van der Waals surface area (Å²) >= 11 is 0. The average Bonchev–Trinajstić information content (AvgIpc) is 2.66. The lowest BCUT2D eigenvalue weighted by Gasteiger charge is -2.13. The number of hydrogen-bond donors (Lipinski definition) is 2. The fourth-order valence-electron chi connectivity index (χ4n) is 2.21. The Morgan fingerprint density at radius 3 is 2.00 bits per heavy atom. The van der Waals surface area contributed by atoms with E-state index in [-0.39, 0.29) is 22.5 Å². The summed E-state index contributed by atoms with van der Waals surface area (Å²) in [5, 5.41) is 4.69. The molecule has 0 aliphatic carbocycles. The molecule has 2 N–H and O–H groups in total. The summed E-state index contributed by atoms with van der Waals surface area (Å²) < 4.78 is 46.9. The molecular weight excluding hydrogens is 381 g/mol. The Balaban J connectivity index is 2.21. The molecule has 2 amide bonds. The number of methoxy groups -OCH3 is 2. The van der Waals surface area contributed by atoms with Crippen LogP contribution in [0.2, 0.25) is 0 Å². The van der Waals surface area contributed by atoms with Crippen molar-refractivity contribution in [2.24, 2.45) is 0 Å². The van der Waals surface area contributed by atoms with Gasteiger partial charge in [0.05, 0.1) is 36.6 Å². The van der Waals surface area contributed by atoms with Gasteiger partial charge in [0.2, 0.25) is 0 Å². The molecule has 7 nitrogen and oxygen atoms in total. The Morgan fingerprint density at radius 1 is 0.857 bits per heavy atom. The molecule has 0 unspecified atom stereocenters. The van der Waals surface area contributed by atoms with Crippen molar-refractivity contribution in [3.05, 3.63) is 59.2 Å². The largest absolute Gasteiger partial charge is 0.465 e. The van der Waals surface area contributed by atoms with Crippen molar-refractivity contribution >= 4 is 29.3 Å². The molecule has 0 aliphatic rings. The van der Waals surface area contributed by atoms with Gasteiger partial charge in [0.15, 0.2) is 0 Å². The predicted octanol–water partition coefficient (Wildman–Crippen LogP) is 3.92. The number of ether oxygens (including phenoxy) is 2. The third-order valence-electron chi connectivity index (χ3n) is 3.56. The first-order chi connectivity index (χ1) is 13.2. The van der Waals surface area contributed by atoms with Crippen molar-refractivity contribution in [1.82, 2.24) is 0 Å². The van der Waals surface area contributed by atoms with Gasteiger partial charge in [-0.2, -0.15) is 13.2 Å². The zero-order valence-corrected chi connectivity index (χ0v) is 14.7. The second-order valence-corrected chi connectivity index (χ2v) is 5.40. The maximum atomic E-state index is 12.6. The van der Waals surface area contributed by atoms with Crippen molar-refractivity contribution in [2.45, 2.75) is 6.18 Å². The molecule has 10 heteroatoms. The van der Waals surface area contributed by atoms with Crippen LogP contribution in [-0.2, 0) is 15.7 Å². The van der Waals surface area contributed by atoms with Crippen LogP contribution in [0.25, 0.3) is 0 Å². The number of amides is 2. The van der Waals surface area contributed by atoms with Crippen LogP contribution >= 0.6 is 0 Å². The predicted molar refractivity (Wildman–Crippen MR) is 93.2 cm³/mol. The molecule has 28 heavy (non-hydrogen) atoms. The lowest BCUT2D eigenvalue weighted by molar-refractivity contribution is -0.137. The highest BCUT2D eigenvalue weighted by Gasteiger charge is 2.30. The van der Waals surface area contributed by atoms with Gasteiger partial charge in [0.25, 0.3) is 0 Å². The fourth-order valence-corrected chi connectivity index (χ4v) is 2.21. The quantitative estimate of drug-likeness (QED) is 0.764. The molecule has 0 saturated carbocycles. The van der Waals surface area contributed by atoms with Crippen LogP contribution in [0.4, 0.5) is 29.3 Å². The summed E-state index contributed by atoms with van der Waals surface area (Å²) in [5.74, 6) is -1.45. The van der Waals surface area contributed by atoms with E-state index >= 15 is 0 Å². The molecule has 2 aromatic carbocycles. The molecule has 0 aromatic heterocycles. The van der Waals surface area contributed by atoms with E-state index in [0.717, 1.165) is 31.4 Å². The molecule has 0 spiro atoms. The first-order valence-corrected chi connectivity index (χ1v) is 7.71. The summed E-state index contributed by atoms with van der Waals surface area (Å²) in [5.41, 5.74) is -0.775. The van der Waals surface area contributed by atoms with E-state index in [1.165, 1.54) is 25.3 Å². The third kappa shape index (κ3) is 5.00. The third-order valence-corrected chi connectivity index (χ3v) is 3.56. The molecule has 0 bridgehead atoms. The zero-order chi connectivity index (χ0) is 20.9. The SMILES string of the molecule is COC(=O)c1ccc(C(=O)OC)c(NC(=O)Nc2ccc(C(F)(F)F)cc2)c1. The number of alkyl halides is 3. The van der Waals surface area contributed by atoms with Gasteiger partial charge in [-0.1, -0.05) is 0 Å². The standard InChI is InChI=1S/C18H15F3N2O5/c1-27-15(24)10-3-8-13(16(25)28-2)14(9-10)23-17(26)22-12-6-4-11(5-7-12)18(19,20)21/h3-9H,1-2H3,(H2,22,23,26). The van der Waals surface area contributed by atoms with E-state index in [0.29, 0.717) is 0 Å². The zero-order valence-electron chi connectivity index (χ0n) is 14.7. The molecule has 0 heterocycles. The molecule has 0 fully saturated rings. The van der Waals surface area contributed by atoms with E-state index in [4.69, 9.17) is 0 Å². The minimum absolute atomic E-state index is 0.0299. The Labute approximate surface area is 157 Å². The minimum atomic E-state index is -4.50. The number of carbonyl (C=O) groups is 3. The summed E-state index contributed by atoms with van der Waals surface area (Å²) in [7, 11) is 2.31. The second kappa shape index (κ2) is 8.42. The Hall–Kier alpha value is -3.56. The van der Waals surface area contributed by atoms with Crippen LogP contribution in [0.15, 0.2) is 42.5 Å². The van der Waals surface area contributed by atoms with E-state index in [1.54, 1.807) is 0 Å². The maximum Gasteiger partial charge on any atom is 0.416 e. The van der Waals surface area contributed by atoms with E-state index in [1.807, 2.05) is 0 Å². The molecular formula is C18H15F3N2O5. The van der Waals surface area contributed by atoms with Gasteiger partial charge < -0.3 is 20.1 Å². The fraction of sp³-hybridized carbons (Fsp3) is 0.167. The average molecular weight is 396 g/mol. The molecule has 2 aromatic rings. The Kier molecular flexibility index (Phi) is 6.24. The molecule has 0 atom stereocenters. The van der Waals surface area contributed by atoms with Gasteiger partial charge in [-0.25, -0.2) is 14.4 Å². The number of urea groups is 1. The summed E-state index contributed by atoms with van der Waals surface area (Å²) in [6, 6.07) is 6.74. The van der Waals surface area contributed by atoms with Crippen molar-refractivity contribution in [2.75, 3.05) is 24.9 Å². The topological polar surface area (TPSA) is 93.7 Å². The van der Waals surface area contributed by atoms with Crippen LogP contribution in [0.1, 0.15) is 26.3 Å². The normalized spacial score (nSPS) is 10.8. The van der Waals surface area contributed by atoms with Gasteiger partial charge in [0.1, 0.15) is 0 Å². The van der Waals surface area contributed by atoms with Crippen LogP contribution in [0.3, 0.4) is 0 Å². The number of anilines is 2. The number of nitrogens with one attached hydrogen (secondary N) is 2. The van der Waals surface area contributed by atoms with Crippen LogP contribution in [0, 0.1) is 0 Å². The number of hydrogen-bond acceptors (Lipinski definition) is 5. The number of rotatable bonds is 4. The van der Waals surface area contributed by atoms with E-state index in [9.17, 15) is 27.6 Å². The van der Waals surface area contributed by atoms with Gasteiger partial charge in [0, 0.05) is 5.69 Å². The number of benzene rings is 2. The van der Waals surface area contributed by atoms with Crippen molar-refractivity contribution in [1.29, 1.82) is 0 Å². The van der Waals surface area contributed by atoms with Gasteiger partial charge in [-0.15, -0.1) is 0 Å².